The second-order valence-electron chi connectivity index (χ2n) is 4.51. The van der Waals surface area contributed by atoms with Crippen molar-refractivity contribution in [2.75, 3.05) is 12.8 Å². The monoisotopic (exact) mass is 312 g/mol. The number of nitrogen functional groups attached to an aromatic ring is 1. The second kappa shape index (κ2) is 5.73. The standard InChI is InChI=1S/C13H14Cl2N4O/c1-7-11(16)12(18-17-7)13(20)19(2)6-8-3-4-9(14)5-10(8)15/h3-5H,6,16H2,1-2H3,(H,17,18). The van der Waals surface area contributed by atoms with Crippen LogP contribution < -0.4 is 5.73 Å². The zero-order valence-electron chi connectivity index (χ0n) is 11.1. The van der Waals surface area contributed by atoms with Gasteiger partial charge < -0.3 is 10.6 Å². The van der Waals surface area contributed by atoms with E-state index in [4.69, 9.17) is 28.9 Å². The Kier molecular flexibility index (Phi) is 4.20. The number of hydrogen-bond acceptors (Lipinski definition) is 3. The molecule has 3 N–H and O–H groups in total. The van der Waals surface area contributed by atoms with Gasteiger partial charge in [0.1, 0.15) is 0 Å². The van der Waals surface area contributed by atoms with E-state index in [0.717, 1.165) is 5.56 Å². The van der Waals surface area contributed by atoms with Crippen molar-refractivity contribution in [3.05, 3.63) is 45.2 Å². The molecule has 5 nitrogen and oxygen atoms in total. The predicted molar refractivity (Wildman–Crippen MR) is 80.0 cm³/mol. The largest absolute Gasteiger partial charge is 0.395 e. The molecule has 7 heteroatoms. The van der Waals surface area contributed by atoms with Gasteiger partial charge in [-0.25, -0.2) is 0 Å². The van der Waals surface area contributed by atoms with Crippen LogP contribution in [0.25, 0.3) is 0 Å². The summed E-state index contributed by atoms with van der Waals surface area (Å²) in [5, 5.41) is 7.68. The fourth-order valence-electron chi connectivity index (χ4n) is 1.76. The summed E-state index contributed by atoms with van der Waals surface area (Å²) in [6.45, 7) is 2.11. The second-order valence-corrected chi connectivity index (χ2v) is 5.35. The summed E-state index contributed by atoms with van der Waals surface area (Å²) in [5.74, 6) is -0.266. The van der Waals surface area contributed by atoms with Gasteiger partial charge in [0.15, 0.2) is 5.69 Å². The molecule has 0 saturated heterocycles. The Hall–Kier alpha value is -1.72. The van der Waals surface area contributed by atoms with E-state index < -0.39 is 0 Å². The lowest BCUT2D eigenvalue weighted by Crippen LogP contribution is -2.27. The number of carbonyl (C=O) groups excluding carboxylic acids is 1. The van der Waals surface area contributed by atoms with Crippen LogP contribution in [0.15, 0.2) is 18.2 Å². The van der Waals surface area contributed by atoms with Crippen LogP contribution >= 0.6 is 23.2 Å². The molecule has 1 aromatic carbocycles. The van der Waals surface area contributed by atoms with E-state index in [9.17, 15) is 4.79 Å². The highest BCUT2D eigenvalue weighted by molar-refractivity contribution is 6.35. The topological polar surface area (TPSA) is 75.0 Å². The van der Waals surface area contributed by atoms with Crippen LogP contribution in [0.2, 0.25) is 10.0 Å². The summed E-state index contributed by atoms with van der Waals surface area (Å²) in [4.78, 5) is 13.8. The van der Waals surface area contributed by atoms with Crippen molar-refractivity contribution in [3.63, 3.8) is 0 Å². The molecule has 0 atom stereocenters. The van der Waals surface area contributed by atoms with Crippen LogP contribution in [0.4, 0.5) is 5.69 Å². The van der Waals surface area contributed by atoms with Crippen LogP contribution in [0, 0.1) is 6.92 Å². The Bertz CT molecular complexity index is 654. The summed E-state index contributed by atoms with van der Waals surface area (Å²) < 4.78 is 0. The summed E-state index contributed by atoms with van der Waals surface area (Å²) in [6.07, 6.45) is 0. The van der Waals surface area contributed by atoms with Gasteiger partial charge in [0.05, 0.1) is 11.4 Å². The number of aromatic nitrogens is 2. The molecule has 2 rings (SSSR count). The Morgan fingerprint density at radius 2 is 2.15 bits per heavy atom. The number of anilines is 1. The molecule has 0 aliphatic carbocycles. The molecule has 1 amide bonds. The number of amides is 1. The van der Waals surface area contributed by atoms with Crippen molar-refractivity contribution in [1.82, 2.24) is 15.1 Å². The Labute approximate surface area is 126 Å². The Morgan fingerprint density at radius 1 is 1.45 bits per heavy atom. The van der Waals surface area contributed by atoms with Crippen LogP contribution in [-0.2, 0) is 6.54 Å². The predicted octanol–water partition coefficient (Wildman–Crippen LogP) is 2.88. The normalized spacial score (nSPS) is 10.6. The van der Waals surface area contributed by atoms with Gasteiger partial charge >= 0.3 is 0 Å². The molecule has 0 aliphatic heterocycles. The molecular weight excluding hydrogens is 299 g/mol. The van der Waals surface area contributed by atoms with E-state index in [1.807, 2.05) is 0 Å². The average molecular weight is 313 g/mol. The van der Waals surface area contributed by atoms with Gasteiger partial charge in [-0.1, -0.05) is 29.3 Å². The van der Waals surface area contributed by atoms with Crippen LogP contribution in [0.5, 0.6) is 0 Å². The van der Waals surface area contributed by atoms with E-state index in [1.165, 1.54) is 4.90 Å². The summed E-state index contributed by atoms with van der Waals surface area (Å²) in [7, 11) is 1.66. The molecule has 1 aromatic heterocycles. The zero-order valence-corrected chi connectivity index (χ0v) is 12.6. The van der Waals surface area contributed by atoms with Gasteiger partial charge in [0.25, 0.3) is 5.91 Å². The summed E-state index contributed by atoms with van der Waals surface area (Å²) >= 11 is 11.9. The number of H-pyrrole nitrogens is 1. The fourth-order valence-corrected chi connectivity index (χ4v) is 2.23. The number of carbonyl (C=O) groups is 1. The van der Waals surface area contributed by atoms with Gasteiger partial charge in [0, 0.05) is 23.6 Å². The number of halogens is 2. The Balaban J connectivity index is 2.17. The van der Waals surface area contributed by atoms with Crippen molar-refractivity contribution < 1.29 is 4.79 Å². The molecule has 0 saturated carbocycles. The molecule has 0 bridgehead atoms. The van der Waals surface area contributed by atoms with Gasteiger partial charge in [-0.15, -0.1) is 0 Å². The minimum atomic E-state index is -0.266. The third kappa shape index (κ3) is 2.89. The molecule has 0 fully saturated rings. The number of benzene rings is 1. The minimum Gasteiger partial charge on any atom is -0.395 e. The fraction of sp³-hybridized carbons (Fsp3) is 0.231. The first kappa shape index (κ1) is 14.7. The minimum absolute atomic E-state index is 0.218. The third-order valence-electron chi connectivity index (χ3n) is 2.97. The molecule has 1 heterocycles. The molecule has 20 heavy (non-hydrogen) atoms. The van der Waals surface area contributed by atoms with E-state index in [2.05, 4.69) is 10.2 Å². The smallest absolute Gasteiger partial charge is 0.276 e. The van der Waals surface area contributed by atoms with Gasteiger partial charge in [-0.05, 0) is 24.6 Å². The maximum absolute atomic E-state index is 12.3. The van der Waals surface area contributed by atoms with Gasteiger partial charge in [-0.2, -0.15) is 5.10 Å². The van der Waals surface area contributed by atoms with Crippen LogP contribution in [0.1, 0.15) is 21.7 Å². The first-order valence-corrected chi connectivity index (χ1v) is 6.65. The highest BCUT2D eigenvalue weighted by Gasteiger charge is 2.20. The maximum atomic E-state index is 12.3. The zero-order chi connectivity index (χ0) is 14.9. The highest BCUT2D eigenvalue weighted by atomic mass is 35.5. The number of aryl methyl sites for hydroxylation is 1. The van der Waals surface area contributed by atoms with Crippen molar-refractivity contribution in [1.29, 1.82) is 0 Å². The summed E-state index contributed by atoms with van der Waals surface area (Å²) in [6, 6.07) is 5.16. The first-order chi connectivity index (χ1) is 9.40. The number of nitrogens with zero attached hydrogens (tertiary/aromatic N) is 2. The highest BCUT2D eigenvalue weighted by Crippen LogP contribution is 2.23. The van der Waals surface area contributed by atoms with Crippen molar-refractivity contribution in [2.24, 2.45) is 0 Å². The Morgan fingerprint density at radius 3 is 2.70 bits per heavy atom. The number of nitrogens with two attached hydrogens (primary N) is 1. The maximum Gasteiger partial charge on any atom is 0.276 e. The third-order valence-corrected chi connectivity index (χ3v) is 3.55. The van der Waals surface area contributed by atoms with Gasteiger partial charge in [-0.3, -0.25) is 9.89 Å². The van der Waals surface area contributed by atoms with Crippen LogP contribution in [0.3, 0.4) is 0 Å². The lowest BCUT2D eigenvalue weighted by Gasteiger charge is -2.17. The lowest BCUT2D eigenvalue weighted by molar-refractivity contribution is 0.0780. The SMILES string of the molecule is Cc1[nH]nc(C(=O)N(C)Cc2ccc(Cl)cc2Cl)c1N. The molecule has 2 aromatic rings. The van der Waals surface area contributed by atoms with Gasteiger partial charge in [0.2, 0.25) is 0 Å². The number of rotatable bonds is 3. The first-order valence-electron chi connectivity index (χ1n) is 5.90. The molecule has 0 unspecified atom stereocenters. The molecule has 0 spiro atoms. The molecule has 0 radical (unpaired) electrons. The van der Waals surface area contributed by atoms with Crippen molar-refractivity contribution in [3.8, 4) is 0 Å². The molecule has 106 valence electrons. The van der Waals surface area contributed by atoms with Crippen molar-refractivity contribution in [2.45, 2.75) is 13.5 Å². The molecule has 0 aliphatic rings. The average Bonchev–Trinajstić information content (AvgIpc) is 2.72. The number of nitrogens with one attached hydrogen (secondary N) is 1. The van der Waals surface area contributed by atoms with Crippen molar-refractivity contribution >= 4 is 34.8 Å². The van der Waals surface area contributed by atoms with E-state index in [-0.39, 0.29) is 11.6 Å². The lowest BCUT2D eigenvalue weighted by atomic mass is 10.2. The quantitative estimate of drug-likeness (QED) is 0.915. The van der Waals surface area contributed by atoms with E-state index in [1.54, 1.807) is 32.2 Å². The van der Waals surface area contributed by atoms with Crippen LogP contribution in [-0.4, -0.2) is 28.1 Å². The van der Waals surface area contributed by atoms with E-state index in [0.29, 0.717) is 28.0 Å². The molecular formula is C13H14Cl2N4O. The number of hydrogen-bond donors (Lipinski definition) is 2. The summed E-state index contributed by atoms with van der Waals surface area (Å²) in [5.41, 5.74) is 7.86. The van der Waals surface area contributed by atoms with E-state index >= 15 is 0 Å². The number of aromatic amines is 1.